The number of hydrogen-bond acceptors (Lipinski definition) is 4. The average molecular weight is 281 g/mol. The van der Waals surface area contributed by atoms with Crippen molar-refractivity contribution in [2.75, 3.05) is 12.8 Å². The van der Waals surface area contributed by atoms with E-state index in [9.17, 15) is 0 Å². The van der Waals surface area contributed by atoms with Crippen LogP contribution < -0.4 is 5.73 Å². The summed E-state index contributed by atoms with van der Waals surface area (Å²) in [7, 11) is 2.07. The zero-order chi connectivity index (χ0) is 14.8. The second-order valence-corrected chi connectivity index (χ2v) is 5.43. The van der Waals surface area contributed by atoms with Crippen molar-refractivity contribution in [3.63, 3.8) is 0 Å². The van der Waals surface area contributed by atoms with Crippen LogP contribution in [0, 0.1) is 6.92 Å². The Morgan fingerprint density at radius 1 is 1.14 bits per heavy atom. The molecule has 0 atom stereocenters. The summed E-state index contributed by atoms with van der Waals surface area (Å²) in [6.45, 7) is 3.67. The zero-order valence-electron chi connectivity index (χ0n) is 12.3. The highest BCUT2D eigenvalue weighted by Crippen LogP contribution is 2.19. The molecule has 0 amide bonds. The second-order valence-electron chi connectivity index (χ2n) is 5.43. The van der Waals surface area contributed by atoms with E-state index in [4.69, 9.17) is 10.2 Å². The van der Waals surface area contributed by atoms with Gasteiger partial charge in [0.25, 0.3) is 0 Å². The summed E-state index contributed by atoms with van der Waals surface area (Å²) in [6.07, 6.45) is 0. The van der Waals surface area contributed by atoms with Crippen molar-refractivity contribution in [2.24, 2.45) is 0 Å². The van der Waals surface area contributed by atoms with Crippen molar-refractivity contribution in [3.8, 4) is 0 Å². The van der Waals surface area contributed by atoms with Gasteiger partial charge >= 0.3 is 0 Å². The molecule has 0 saturated carbocycles. The lowest BCUT2D eigenvalue weighted by Crippen LogP contribution is -2.17. The maximum atomic E-state index is 5.76. The third kappa shape index (κ3) is 3.06. The highest BCUT2D eigenvalue weighted by Gasteiger charge is 2.10. The molecular formula is C17H19N3O. The van der Waals surface area contributed by atoms with Crippen LogP contribution in [0.3, 0.4) is 0 Å². The molecule has 2 aromatic carbocycles. The molecule has 0 unspecified atom stereocenters. The van der Waals surface area contributed by atoms with Crippen molar-refractivity contribution in [1.82, 2.24) is 9.88 Å². The summed E-state index contributed by atoms with van der Waals surface area (Å²) in [5.41, 5.74) is 10.7. The van der Waals surface area contributed by atoms with Crippen LogP contribution >= 0.6 is 0 Å². The van der Waals surface area contributed by atoms with Crippen LogP contribution in [0.5, 0.6) is 0 Å². The van der Waals surface area contributed by atoms with Crippen LogP contribution in [-0.2, 0) is 13.1 Å². The Balaban J connectivity index is 1.74. The van der Waals surface area contributed by atoms with Crippen molar-refractivity contribution >= 4 is 16.8 Å². The van der Waals surface area contributed by atoms with Gasteiger partial charge in [0.2, 0.25) is 5.89 Å². The number of aromatic nitrogens is 1. The minimum Gasteiger partial charge on any atom is -0.439 e. The Kier molecular flexibility index (Phi) is 3.62. The molecular weight excluding hydrogens is 262 g/mol. The van der Waals surface area contributed by atoms with Crippen molar-refractivity contribution in [3.05, 3.63) is 59.5 Å². The van der Waals surface area contributed by atoms with Crippen LogP contribution in [0.1, 0.15) is 17.0 Å². The Hall–Kier alpha value is -2.33. The molecule has 1 aromatic heterocycles. The zero-order valence-corrected chi connectivity index (χ0v) is 12.3. The number of oxazole rings is 1. The van der Waals surface area contributed by atoms with Gasteiger partial charge in [0.05, 0.1) is 6.54 Å². The molecule has 0 radical (unpaired) electrons. The molecule has 0 bridgehead atoms. The fourth-order valence-corrected chi connectivity index (χ4v) is 2.42. The quantitative estimate of drug-likeness (QED) is 0.745. The van der Waals surface area contributed by atoms with Crippen LogP contribution in [0.25, 0.3) is 11.1 Å². The number of aryl methyl sites for hydroxylation is 1. The maximum Gasteiger partial charge on any atom is 0.209 e. The molecule has 2 N–H and O–H groups in total. The molecule has 3 aromatic rings. The normalized spacial score (nSPS) is 11.4. The van der Waals surface area contributed by atoms with Gasteiger partial charge < -0.3 is 10.2 Å². The summed E-state index contributed by atoms with van der Waals surface area (Å²) in [6, 6.07) is 13.9. The molecule has 0 saturated heterocycles. The van der Waals surface area contributed by atoms with E-state index in [2.05, 4.69) is 48.1 Å². The predicted molar refractivity (Wildman–Crippen MR) is 84.8 cm³/mol. The number of rotatable bonds is 4. The Labute approximate surface area is 124 Å². The summed E-state index contributed by atoms with van der Waals surface area (Å²) >= 11 is 0. The number of fused-ring (bicyclic) bond motifs is 1. The van der Waals surface area contributed by atoms with Crippen molar-refractivity contribution < 1.29 is 4.42 Å². The summed E-state index contributed by atoms with van der Waals surface area (Å²) in [5, 5.41) is 0. The lowest BCUT2D eigenvalue weighted by Gasteiger charge is -2.15. The molecule has 3 rings (SSSR count). The fourth-order valence-electron chi connectivity index (χ4n) is 2.42. The first-order valence-electron chi connectivity index (χ1n) is 7.00. The van der Waals surface area contributed by atoms with Gasteiger partial charge in [-0.25, -0.2) is 4.98 Å². The Bertz CT molecular complexity index is 764. The lowest BCUT2D eigenvalue weighted by molar-refractivity contribution is 0.285. The van der Waals surface area contributed by atoms with E-state index in [1.165, 1.54) is 11.1 Å². The van der Waals surface area contributed by atoms with E-state index in [1.807, 2.05) is 18.2 Å². The van der Waals surface area contributed by atoms with Crippen LogP contribution in [0.4, 0.5) is 5.69 Å². The number of anilines is 1. The maximum absolute atomic E-state index is 5.76. The molecule has 4 heteroatoms. The van der Waals surface area contributed by atoms with E-state index < -0.39 is 0 Å². The van der Waals surface area contributed by atoms with E-state index in [-0.39, 0.29) is 0 Å². The minimum atomic E-state index is 0.670. The molecule has 21 heavy (non-hydrogen) atoms. The van der Waals surface area contributed by atoms with Crippen LogP contribution in [0.2, 0.25) is 0 Å². The largest absolute Gasteiger partial charge is 0.439 e. The summed E-state index contributed by atoms with van der Waals surface area (Å²) in [5.74, 6) is 0.715. The highest BCUT2D eigenvalue weighted by molar-refractivity contribution is 5.76. The first-order valence-corrected chi connectivity index (χ1v) is 7.00. The Morgan fingerprint density at radius 2 is 1.95 bits per heavy atom. The van der Waals surface area contributed by atoms with Gasteiger partial charge in [-0.1, -0.05) is 24.3 Å². The number of nitrogens with two attached hydrogens (primary N) is 1. The van der Waals surface area contributed by atoms with Gasteiger partial charge in [-0.05, 0) is 43.3 Å². The van der Waals surface area contributed by atoms with Crippen LogP contribution in [0.15, 0.2) is 46.9 Å². The Morgan fingerprint density at radius 3 is 2.76 bits per heavy atom. The molecule has 0 aliphatic heterocycles. The topological polar surface area (TPSA) is 55.3 Å². The van der Waals surface area contributed by atoms with Gasteiger partial charge in [0.15, 0.2) is 5.58 Å². The molecule has 1 heterocycles. The number of benzene rings is 2. The number of nitrogen functional groups attached to an aromatic ring is 1. The van der Waals surface area contributed by atoms with Crippen molar-refractivity contribution in [2.45, 2.75) is 20.0 Å². The smallest absolute Gasteiger partial charge is 0.209 e. The van der Waals surface area contributed by atoms with Crippen LogP contribution in [-0.4, -0.2) is 16.9 Å². The third-order valence-electron chi connectivity index (χ3n) is 3.56. The SMILES string of the molecule is Cc1ccccc1CN(C)Cc1nc2cc(N)ccc2o1. The molecule has 0 fully saturated rings. The number of hydrogen-bond donors (Lipinski definition) is 1. The summed E-state index contributed by atoms with van der Waals surface area (Å²) < 4.78 is 5.75. The van der Waals surface area contributed by atoms with E-state index in [0.29, 0.717) is 18.1 Å². The molecule has 0 spiro atoms. The van der Waals surface area contributed by atoms with Gasteiger partial charge in [0, 0.05) is 12.2 Å². The first kappa shape index (κ1) is 13.6. The monoisotopic (exact) mass is 281 g/mol. The van der Waals surface area contributed by atoms with E-state index >= 15 is 0 Å². The summed E-state index contributed by atoms with van der Waals surface area (Å²) in [4.78, 5) is 6.68. The fraction of sp³-hybridized carbons (Fsp3) is 0.235. The molecule has 0 aliphatic carbocycles. The van der Waals surface area contributed by atoms with Gasteiger partial charge in [-0.2, -0.15) is 0 Å². The molecule has 4 nitrogen and oxygen atoms in total. The van der Waals surface area contributed by atoms with Gasteiger partial charge in [-0.3, -0.25) is 4.90 Å². The minimum absolute atomic E-state index is 0.670. The standard InChI is InChI=1S/C17H19N3O/c1-12-5-3-4-6-13(12)10-20(2)11-17-19-15-9-14(18)7-8-16(15)21-17/h3-9H,10-11,18H2,1-2H3. The predicted octanol–water partition coefficient (Wildman–Crippen LogP) is 3.35. The lowest BCUT2D eigenvalue weighted by atomic mass is 10.1. The van der Waals surface area contributed by atoms with E-state index in [1.54, 1.807) is 0 Å². The number of nitrogens with zero attached hydrogens (tertiary/aromatic N) is 2. The second kappa shape index (κ2) is 5.58. The highest BCUT2D eigenvalue weighted by atomic mass is 16.3. The van der Waals surface area contributed by atoms with Gasteiger partial charge in [0.1, 0.15) is 5.52 Å². The third-order valence-corrected chi connectivity index (χ3v) is 3.56. The van der Waals surface area contributed by atoms with Gasteiger partial charge in [-0.15, -0.1) is 0 Å². The molecule has 0 aliphatic rings. The van der Waals surface area contributed by atoms with Crippen molar-refractivity contribution in [1.29, 1.82) is 0 Å². The first-order chi connectivity index (χ1) is 10.1. The average Bonchev–Trinajstić information content (AvgIpc) is 2.82. The molecule has 108 valence electrons. The van der Waals surface area contributed by atoms with E-state index in [0.717, 1.165) is 17.6 Å².